The Morgan fingerprint density at radius 3 is 2.49 bits per heavy atom. The molecule has 39 heavy (non-hydrogen) atoms. The third kappa shape index (κ3) is 4.93. The number of pyridine rings is 1. The van der Waals surface area contributed by atoms with Crippen molar-refractivity contribution in [2.24, 2.45) is 11.7 Å². The van der Waals surface area contributed by atoms with Gasteiger partial charge in [0.15, 0.2) is 0 Å². The first-order valence-corrected chi connectivity index (χ1v) is 14.3. The maximum Gasteiger partial charge on any atom is 0.248 e. The summed E-state index contributed by atoms with van der Waals surface area (Å²) in [4.78, 5) is 21.5. The Morgan fingerprint density at radius 2 is 1.77 bits per heavy atom. The highest BCUT2D eigenvalue weighted by Gasteiger charge is 2.33. The highest BCUT2D eigenvalue weighted by Crippen LogP contribution is 2.45. The molecule has 0 spiro atoms. The van der Waals surface area contributed by atoms with E-state index in [4.69, 9.17) is 15.5 Å². The van der Waals surface area contributed by atoms with Gasteiger partial charge >= 0.3 is 0 Å². The molecule has 7 heteroatoms. The summed E-state index contributed by atoms with van der Waals surface area (Å²) in [5.74, 6) is 1.67. The van der Waals surface area contributed by atoms with E-state index in [1.165, 1.54) is 11.6 Å². The first-order chi connectivity index (χ1) is 18.9. The van der Waals surface area contributed by atoms with Crippen molar-refractivity contribution in [3.63, 3.8) is 0 Å². The van der Waals surface area contributed by atoms with E-state index < -0.39 is 5.91 Å². The fourth-order valence-corrected chi connectivity index (χ4v) is 7.15. The summed E-state index contributed by atoms with van der Waals surface area (Å²) in [5.41, 5.74) is 10.1. The summed E-state index contributed by atoms with van der Waals surface area (Å²) in [6.07, 6.45) is 10.7. The molecule has 0 saturated heterocycles. The van der Waals surface area contributed by atoms with Crippen LogP contribution in [0.4, 0.5) is 4.39 Å². The number of hydrogen-bond donors (Lipinski definition) is 1. The zero-order valence-electron chi connectivity index (χ0n) is 22.8. The van der Waals surface area contributed by atoms with Gasteiger partial charge in [-0.2, -0.15) is 0 Å². The molecule has 4 aromatic rings. The average Bonchev–Trinajstić information content (AvgIpc) is 3.35. The Labute approximate surface area is 228 Å². The molecule has 204 valence electrons. The number of carbonyl (C=O) groups is 1. The smallest absolute Gasteiger partial charge is 0.248 e. The molecule has 2 aliphatic rings. The van der Waals surface area contributed by atoms with Gasteiger partial charge in [0.2, 0.25) is 5.91 Å². The number of primary amides is 1. The quantitative estimate of drug-likeness (QED) is 0.291. The lowest BCUT2D eigenvalue weighted by Gasteiger charge is -2.35. The Balaban J connectivity index is 1.27. The fourth-order valence-electron chi connectivity index (χ4n) is 7.15. The predicted molar refractivity (Wildman–Crippen MR) is 151 cm³/mol. The van der Waals surface area contributed by atoms with Crippen molar-refractivity contribution >= 4 is 27.8 Å². The Morgan fingerprint density at radius 1 is 1.00 bits per heavy atom. The number of nitrogens with zero attached hydrogens (tertiary/aromatic N) is 3. The van der Waals surface area contributed by atoms with Crippen molar-refractivity contribution in [3.8, 4) is 0 Å². The van der Waals surface area contributed by atoms with Gasteiger partial charge in [-0.15, -0.1) is 0 Å². The highest BCUT2D eigenvalue weighted by molar-refractivity contribution is 5.96. The van der Waals surface area contributed by atoms with Crippen molar-refractivity contribution in [1.82, 2.24) is 14.5 Å². The number of carbonyl (C=O) groups excluding carboxylic acids is 1. The molecule has 2 fully saturated rings. The average molecular weight is 529 g/mol. The number of aromatic nitrogens is 3. The molecule has 6 rings (SSSR count). The molecule has 1 amide bonds. The van der Waals surface area contributed by atoms with Crippen molar-refractivity contribution in [2.45, 2.75) is 82.3 Å². The number of ether oxygens (including phenoxy) is 1. The second-order valence-corrected chi connectivity index (χ2v) is 11.5. The summed E-state index contributed by atoms with van der Waals surface area (Å²) in [5, 5.41) is 0.938. The first-order valence-electron chi connectivity index (χ1n) is 14.3. The standard InChI is InChI=1S/C32H37FN4O2/c1-19(20-3-5-21(6-4-20)26-15-16-35-28-13-8-23(33)18-27(26)28)32-36-29-17-22(31(34)38)7-14-30(29)37(32)24-9-11-25(39-2)12-10-24/h7-8,13-21,24-25H,3-6,9-12H2,1-2H3,(H2,34,38). The molecule has 1 unspecified atom stereocenters. The lowest BCUT2D eigenvalue weighted by Crippen LogP contribution is -2.26. The number of rotatable bonds is 6. The summed E-state index contributed by atoms with van der Waals surface area (Å²) in [6.45, 7) is 2.32. The minimum absolute atomic E-state index is 0.211. The zero-order valence-corrected chi connectivity index (χ0v) is 22.8. The maximum atomic E-state index is 14.1. The molecule has 0 aliphatic heterocycles. The molecule has 2 aliphatic carbocycles. The Kier molecular flexibility index (Phi) is 7.10. The minimum Gasteiger partial charge on any atom is -0.381 e. The van der Waals surface area contributed by atoms with Crippen LogP contribution in [0.2, 0.25) is 0 Å². The lowest BCUT2D eigenvalue weighted by atomic mass is 9.73. The van der Waals surface area contributed by atoms with Crippen LogP contribution < -0.4 is 5.73 Å². The van der Waals surface area contributed by atoms with Crippen LogP contribution in [0.1, 0.15) is 97.9 Å². The molecule has 2 aromatic carbocycles. The van der Waals surface area contributed by atoms with Crippen LogP contribution in [-0.2, 0) is 4.74 Å². The predicted octanol–water partition coefficient (Wildman–Crippen LogP) is 7.03. The first kappa shape index (κ1) is 25.9. The molecule has 0 radical (unpaired) electrons. The monoisotopic (exact) mass is 528 g/mol. The number of imidazole rings is 1. The molecular formula is C32H37FN4O2. The largest absolute Gasteiger partial charge is 0.381 e. The van der Waals surface area contributed by atoms with Gasteiger partial charge in [-0.1, -0.05) is 6.92 Å². The van der Waals surface area contributed by atoms with Gasteiger partial charge in [-0.05, 0) is 111 Å². The molecule has 1 atom stereocenters. The van der Waals surface area contributed by atoms with Gasteiger partial charge in [0.05, 0.1) is 22.7 Å². The fraction of sp³-hybridized carbons (Fsp3) is 0.469. The van der Waals surface area contributed by atoms with E-state index in [0.717, 1.165) is 79.1 Å². The summed E-state index contributed by atoms with van der Waals surface area (Å²) >= 11 is 0. The number of methoxy groups -OCH3 is 1. The third-order valence-electron chi connectivity index (χ3n) is 9.41. The number of benzene rings is 2. The van der Waals surface area contributed by atoms with Crippen LogP contribution in [0.3, 0.4) is 0 Å². The van der Waals surface area contributed by atoms with Crippen LogP contribution in [0, 0.1) is 11.7 Å². The number of amides is 1. The van der Waals surface area contributed by atoms with Gasteiger partial charge < -0.3 is 15.0 Å². The zero-order chi connectivity index (χ0) is 27.1. The van der Waals surface area contributed by atoms with Crippen LogP contribution in [0.15, 0.2) is 48.7 Å². The van der Waals surface area contributed by atoms with Crippen LogP contribution >= 0.6 is 0 Å². The van der Waals surface area contributed by atoms with E-state index in [2.05, 4.69) is 22.5 Å². The number of hydrogen-bond acceptors (Lipinski definition) is 4. The van der Waals surface area contributed by atoms with E-state index in [9.17, 15) is 9.18 Å². The highest BCUT2D eigenvalue weighted by atomic mass is 19.1. The number of halogens is 1. The maximum absolute atomic E-state index is 14.1. The molecule has 2 heterocycles. The SMILES string of the molecule is COC1CCC(n2c(C(C)C3CCC(c4ccnc5ccc(F)cc45)CC3)nc3cc(C(N)=O)ccc32)CC1. The van der Waals surface area contributed by atoms with Crippen molar-refractivity contribution in [3.05, 3.63) is 71.4 Å². The van der Waals surface area contributed by atoms with Crippen molar-refractivity contribution in [1.29, 1.82) is 0 Å². The number of nitrogens with two attached hydrogens (primary N) is 1. The second kappa shape index (κ2) is 10.7. The molecule has 2 saturated carbocycles. The second-order valence-electron chi connectivity index (χ2n) is 11.5. The van der Waals surface area contributed by atoms with E-state index in [-0.39, 0.29) is 11.7 Å². The molecule has 2 aromatic heterocycles. The van der Waals surface area contributed by atoms with Crippen LogP contribution in [0.5, 0.6) is 0 Å². The van der Waals surface area contributed by atoms with E-state index in [1.807, 2.05) is 24.4 Å². The topological polar surface area (TPSA) is 83.0 Å². The van der Waals surface area contributed by atoms with E-state index in [0.29, 0.717) is 29.5 Å². The molecule has 2 N–H and O–H groups in total. The van der Waals surface area contributed by atoms with Crippen molar-refractivity contribution in [2.75, 3.05) is 7.11 Å². The van der Waals surface area contributed by atoms with Gasteiger partial charge in [-0.3, -0.25) is 9.78 Å². The third-order valence-corrected chi connectivity index (χ3v) is 9.41. The van der Waals surface area contributed by atoms with Gasteiger partial charge in [-0.25, -0.2) is 9.37 Å². The summed E-state index contributed by atoms with van der Waals surface area (Å²) in [7, 11) is 1.80. The van der Waals surface area contributed by atoms with Gasteiger partial charge in [0.25, 0.3) is 0 Å². The van der Waals surface area contributed by atoms with E-state index >= 15 is 0 Å². The Bertz CT molecular complexity index is 1500. The van der Waals surface area contributed by atoms with Crippen LogP contribution in [-0.4, -0.2) is 33.7 Å². The molecular weight excluding hydrogens is 491 g/mol. The number of fused-ring (bicyclic) bond motifs is 2. The minimum atomic E-state index is -0.427. The molecule has 6 nitrogen and oxygen atoms in total. The normalized spacial score (nSPS) is 24.7. The van der Waals surface area contributed by atoms with Gasteiger partial charge in [0, 0.05) is 36.2 Å². The van der Waals surface area contributed by atoms with Crippen molar-refractivity contribution < 1.29 is 13.9 Å². The summed E-state index contributed by atoms with van der Waals surface area (Å²) in [6, 6.07) is 13.0. The van der Waals surface area contributed by atoms with Gasteiger partial charge in [0.1, 0.15) is 11.6 Å². The summed E-state index contributed by atoms with van der Waals surface area (Å²) < 4.78 is 22.2. The Hall–Kier alpha value is -3.32. The van der Waals surface area contributed by atoms with Crippen LogP contribution in [0.25, 0.3) is 21.9 Å². The van der Waals surface area contributed by atoms with E-state index in [1.54, 1.807) is 19.2 Å². The lowest BCUT2D eigenvalue weighted by molar-refractivity contribution is 0.0583. The molecule has 0 bridgehead atoms.